The Hall–Kier alpha value is -2.42. The van der Waals surface area contributed by atoms with Crippen molar-refractivity contribution in [3.63, 3.8) is 0 Å². The van der Waals surface area contributed by atoms with E-state index in [9.17, 15) is 8.42 Å². The van der Waals surface area contributed by atoms with Crippen molar-refractivity contribution in [3.8, 4) is 0 Å². The average molecular weight is 462 g/mol. The molecule has 9 heteroatoms. The number of H-pyrrole nitrogens is 1. The minimum atomic E-state index is -3.90. The molecule has 30 heavy (non-hydrogen) atoms. The molecule has 2 N–H and O–H groups in total. The number of aromatic nitrogens is 2. The van der Waals surface area contributed by atoms with Crippen molar-refractivity contribution < 1.29 is 12.8 Å². The maximum atomic E-state index is 12.9. The third-order valence-corrected chi connectivity index (χ3v) is 7.27. The van der Waals surface area contributed by atoms with Crippen LogP contribution in [0.4, 0.5) is 5.69 Å². The third-order valence-electron chi connectivity index (χ3n) is 4.74. The average Bonchev–Trinajstić information content (AvgIpc) is 3.28. The molecule has 0 saturated heterocycles. The molecule has 0 aliphatic rings. The summed E-state index contributed by atoms with van der Waals surface area (Å²) < 4.78 is 34.0. The first kappa shape index (κ1) is 20.8. The zero-order valence-electron chi connectivity index (χ0n) is 16.4. The van der Waals surface area contributed by atoms with E-state index in [1.165, 1.54) is 11.6 Å². The first-order valence-electron chi connectivity index (χ1n) is 9.28. The molecule has 0 aliphatic heterocycles. The van der Waals surface area contributed by atoms with Gasteiger partial charge in [0.05, 0.1) is 11.4 Å². The van der Waals surface area contributed by atoms with E-state index in [1.54, 1.807) is 42.1 Å². The van der Waals surface area contributed by atoms with Crippen LogP contribution in [0.15, 0.2) is 62.9 Å². The minimum absolute atomic E-state index is 0.135. The summed E-state index contributed by atoms with van der Waals surface area (Å²) in [6.07, 6.45) is 0.817. The molecule has 0 fully saturated rings. The molecule has 2 aromatic heterocycles. The van der Waals surface area contributed by atoms with E-state index in [0.717, 1.165) is 33.8 Å². The molecule has 4 rings (SSSR count). The lowest BCUT2D eigenvalue weighted by atomic mass is 10.1. The second kappa shape index (κ2) is 8.37. The van der Waals surface area contributed by atoms with Gasteiger partial charge in [-0.15, -0.1) is 11.8 Å². The van der Waals surface area contributed by atoms with Crippen molar-refractivity contribution >= 4 is 50.0 Å². The number of benzene rings is 2. The molecule has 0 radical (unpaired) electrons. The van der Waals surface area contributed by atoms with E-state index >= 15 is 0 Å². The van der Waals surface area contributed by atoms with E-state index in [-0.39, 0.29) is 5.09 Å². The predicted molar refractivity (Wildman–Crippen MR) is 121 cm³/mol. The van der Waals surface area contributed by atoms with Gasteiger partial charge >= 0.3 is 0 Å². The number of anilines is 1. The van der Waals surface area contributed by atoms with E-state index in [4.69, 9.17) is 16.0 Å². The monoisotopic (exact) mass is 461 g/mol. The maximum Gasteiger partial charge on any atom is 0.295 e. The number of aromatic amines is 1. The highest BCUT2D eigenvalue weighted by Crippen LogP contribution is 2.33. The summed E-state index contributed by atoms with van der Waals surface area (Å²) in [7, 11) is -3.90. The fourth-order valence-corrected chi connectivity index (χ4v) is 5.43. The van der Waals surface area contributed by atoms with Crippen LogP contribution in [-0.4, -0.2) is 24.4 Å². The quantitative estimate of drug-likeness (QED) is 0.351. The van der Waals surface area contributed by atoms with Crippen LogP contribution in [0.1, 0.15) is 17.0 Å². The molecule has 2 aromatic carbocycles. The Morgan fingerprint density at radius 3 is 2.70 bits per heavy atom. The maximum absolute atomic E-state index is 12.9. The summed E-state index contributed by atoms with van der Waals surface area (Å²) in [5.41, 5.74) is 4.16. The number of sulfonamides is 1. The van der Waals surface area contributed by atoms with Crippen molar-refractivity contribution in [2.24, 2.45) is 0 Å². The van der Waals surface area contributed by atoms with Crippen LogP contribution < -0.4 is 4.72 Å². The van der Waals surface area contributed by atoms with Gasteiger partial charge in [-0.1, -0.05) is 29.8 Å². The topological polar surface area (TPSA) is 88.0 Å². The van der Waals surface area contributed by atoms with Crippen LogP contribution in [0, 0.1) is 13.8 Å². The Morgan fingerprint density at radius 2 is 1.97 bits per heavy atom. The number of para-hydroxylation sites is 1. The lowest BCUT2D eigenvalue weighted by molar-refractivity contribution is 0.484. The minimum Gasteiger partial charge on any atom is -0.443 e. The second-order valence-electron chi connectivity index (χ2n) is 6.86. The van der Waals surface area contributed by atoms with Crippen LogP contribution in [-0.2, 0) is 16.4 Å². The van der Waals surface area contributed by atoms with Crippen molar-refractivity contribution in [1.29, 1.82) is 0 Å². The Bertz CT molecular complexity index is 1260. The van der Waals surface area contributed by atoms with Gasteiger partial charge in [-0.05, 0) is 50.1 Å². The third kappa shape index (κ3) is 4.35. The number of halogens is 1. The fourth-order valence-electron chi connectivity index (χ4n) is 3.20. The molecule has 0 spiro atoms. The highest BCUT2D eigenvalue weighted by Gasteiger charge is 2.21. The van der Waals surface area contributed by atoms with Crippen LogP contribution in [0.3, 0.4) is 0 Å². The molecule has 2 heterocycles. The molecule has 0 amide bonds. The number of nitrogens with zero attached hydrogens (tertiary/aromatic N) is 1. The zero-order valence-corrected chi connectivity index (χ0v) is 18.8. The largest absolute Gasteiger partial charge is 0.443 e. The van der Waals surface area contributed by atoms with Crippen molar-refractivity contribution in [2.75, 3.05) is 10.5 Å². The van der Waals surface area contributed by atoms with E-state index in [0.29, 0.717) is 16.3 Å². The number of fused-ring (bicyclic) bond motifs is 1. The van der Waals surface area contributed by atoms with Gasteiger partial charge in [0.1, 0.15) is 5.58 Å². The number of nitrogens with one attached hydrogen (secondary N) is 2. The Balaban J connectivity index is 1.55. The first-order chi connectivity index (χ1) is 14.3. The molecule has 4 aromatic rings. The van der Waals surface area contributed by atoms with Crippen molar-refractivity contribution in [3.05, 3.63) is 70.5 Å². The molecule has 0 unspecified atom stereocenters. The zero-order chi connectivity index (χ0) is 21.3. The van der Waals surface area contributed by atoms with Gasteiger partial charge in [-0.3, -0.25) is 9.82 Å². The molecule has 0 atom stereocenters. The van der Waals surface area contributed by atoms with Crippen LogP contribution in [0.5, 0.6) is 0 Å². The van der Waals surface area contributed by atoms with Gasteiger partial charge in [0.25, 0.3) is 10.0 Å². The summed E-state index contributed by atoms with van der Waals surface area (Å²) >= 11 is 7.69. The lowest BCUT2D eigenvalue weighted by Crippen LogP contribution is -2.12. The van der Waals surface area contributed by atoms with E-state index < -0.39 is 10.0 Å². The number of aryl methyl sites for hydroxylation is 2. The highest BCUT2D eigenvalue weighted by atomic mass is 35.5. The first-order valence-corrected chi connectivity index (χ1v) is 12.1. The van der Waals surface area contributed by atoms with Gasteiger partial charge < -0.3 is 4.42 Å². The number of thioether (sulfide) groups is 1. The second-order valence-corrected chi connectivity index (χ2v) is 10.0. The summed E-state index contributed by atoms with van der Waals surface area (Å²) in [5, 5.41) is 8.24. The summed E-state index contributed by atoms with van der Waals surface area (Å²) in [5.74, 6) is 0.766. The van der Waals surface area contributed by atoms with Gasteiger partial charge in [0, 0.05) is 32.8 Å². The van der Waals surface area contributed by atoms with Crippen LogP contribution >= 0.6 is 23.4 Å². The van der Waals surface area contributed by atoms with Crippen molar-refractivity contribution in [1.82, 2.24) is 10.2 Å². The molecule has 0 aliphatic carbocycles. The normalized spacial score (nSPS) is 11.8. The van der Waals surface area contributed by atoms with Gasteiger partial charge in [0.2, 0.25) is 5.09 Å². The van der Waals surface area contributed by atoms with Crippen LogP contribution in [0.2, 0.25) is 5.02 Å². The highest BCUT2D eigenvalue weighted by molar-refractivity contribution is 7.99. The Kier molecular flexibility index (Phi) is 5.81. The SMILES string of the molecule is Cc1n[nH]c(C)c1CCSc1ccc(Cl)cc1NS(=O)(=O)c1cc2ccccc2o1. The molecule has 6 nitrogen and oxygen atoms in total. The number of hydrogen-bond acceptors (Lipinski definition) is 5. The molecule has 0 saturated carbocycles. The Labute approximate surface area is 184 Å². The number of rotatable bonds is 7. The fraction of sp³-hybridized carbons (Fsp3) is 0.190. The standard InChI is InChI=1S/C21H20ClN3O3S2/c1-13-17(14(2)24-23-13)9-10-29-20-8-7-16(22)12-18(20)25-30(26,27)21-11-15-5-3-4-6-19(15)28-21/h3-8,11-12,25H,9-10H2,1-2H3,(H,23,24). The number of hydrogen-bond donors (Lipinski definition) is 2. The smallest absolute Gasteiger partial charge is 0.295 e. The van der Waals surface area contributed by atoms with E-state index in [2.05, 4.69) is 14.9 Å². The van der Waals surface area contributed by atoms with Gasteiger partial charge in [-0.2, -0.15) is 13.5 Å². The summed E-state index contributed by atoms with van der Waals surface area (Å²) in [6.45, 7) is 3.97. The van der Waals surface area contributed by atoms with Crippen molar-refractivity contribution in [2.45, 2.75) is 30.3 Å². The molecule has 0 bridgehead atoms. The van der Waals surface area contributed by atoms with E-state index in [1.807, 2.05) is 26.0 Å². The molecular formula is C21H20ClN3O3S2. The van der Waals surface area contributed by atoms with Crippen LogP contribution in [0.25, 0.3) is 11.0 Å². The predicted octanol–water partition coefficient (Wildman–Crippen LogP) is 5.56. The van der Waals surface area contributed by atoms with Gasteiger partial charge in [-0.25, -0.2) is 0 Å². The summed E-state index contributed by atoms with van der Waals surface area (Å²) in [4.78, 5) is 0.790. The molecule has 156 valence electrons. The lowest BCUT2D eigenvalue weighted by Gasteiger charge is -2.12. The Morgan fingerprint density at radius 1 is 1.17 bits per heavy atom. The number of furan rings is 1. The summed E-state index contributed by atoms with van der Waals surface area (Å²) in [6, 6.07) is 13.8. The van der Waals surface area contributed by atoms with Gasteiger partial charge in [0.15, 0.2) is 0 Å². The molecular weight excluding hydrogens is 442 g/mol.